The van der Waals surface area contributed by atoms with Crippen molar-refractivity contribution in [2.45, 2.75) is 6.54 Å². The fraction of sp³-hybridized carbons (Fsp3) is 0.0588. The van der Waals surface area contributed by atoms with Crippen molar-refractivity contribution in [2.24, 2.45) is 0 Å². The number of aromatic nitrogens is 6. The summed E-state index contributed by atoms with van der Waals surface area (Å²) in [4.78, 5) is 4.06. The average molecular weight is 302 g/mol. The van der Waals surface area contributed by atoms with E-state index in [2.05, 4.69) is 55.9 Å². The Morgan fingerprint density at radius 2 is 1.78 bits per heavy atom. The highest BCUT2D eigenvalue weighted by Gasteiger charge is 2.09. The molecule has 6 nitrogen and oxygen atoms in total. The average Bonchev–Trinajstić information content (AvgIpc) is 3.29. The maximum Gasteiger partial charge on any atom is 0.180 e. The van der Waals surface area contributed by atoms with Crippen LogP contribution in [0.2, 0.25) is 0 Å². The summed E-state index contributed by atoms with van der Waals surface area (Å²) in [6.07, 6.45) is 5.57. The molecule has 23 heavy (non-hydrogen) atoms. The third-order valence-electron chi connectivity index (χ3n) is 3.72. The van der Waals surface area contributed by atoms with Crippen molar-refractivity contribution in [2.75, 3.05) is 0 Å². The molecular formula is C17H14N6. The Labute approximate surface area is 132 Å². The number of imidazole rings is 1. The fourth-order valence-electron chi connectivity index (χ4n) is 2.60. The Morgan fingerprint density at radius 3 is 2.48 bits per heavy atom. The summed E-state index contributed by atoms with van der Waals surface area (Å²) >= 11 is 0. The summed E-state index contributed by atoms with van der Waals surface area (Å²) in [6, 6.07) is 16.6. The Balaban J connectivity index is 1.66. The number of benzene rings is 2. The molecule has 6 heteroatoms. The number of hydrogen-bond acceptors (Lipinski definition) is 4. The van der Waals surface area contributed by atoms with E-state index in [0.717, 1.165) is 23.2 Å². The van der Waals surface area contributed by atoms with Gasteiger partial charge in [-0.15, -0.1) is 5.10 Å². The molecule has 112 valence electrons. The number of tetrazole rings is 1. The van der Waals surface area contributed by atoms with Crippen molar-refractivity contribution >= 4 is 0 Å². The molecule has 0 atom stereocenters. The second kappa shape index (κ2) is 5.84. The van der Waals surface area contributed by atoms with Crippen LogP contribution in [-0.4, -0.2) is 30.2 Å². The van der Waals surface area contributed by atoms with Crippen LogP contribution in [0.25, 0.3) is 22.5 Å². The minimum Gasteiger partial charge on any atom is -0.333 e. The molecule has 0 aliphatic heterocycles. The molecule has 0 aliphatic rings. The van der Waals surface area contributed by atoms with Gasteiger partial charge in [0.2, 0.25) is 0 Å². The SMILES string of the molecule is c1ccc(-c2nnn[nH]2)c(-c2ccc(Cn3ccnc3)cc2)c1. The van der Waals surface area contributed by atoms with Crippen molar-refractivity contribution in [3.8, 4) is 22.5 Å². The lowest BCUT2D eigenvalue weighted by atomic mass is 9.98. The number of nitrogens with zero attached hydrogens (tertiary/aromatic N) is 5. The second-order valence-corrected chi connectivity index (χ2v) is 5.23. The summed E-state index contributed by atoms with van der Waals surface area (Å²) < 4.78 is 2.04. The molecule has 0 fully saturated rings. The summed E-state index contributed by atoms with van der Waals surface area (Å²) in [7, 11) is 0. The van der Waals surface area contributed by atoms with Gasteiger partial charge in [-0.3, -0.25) is 0 Å². The smallest absolute Gasteiger partial charge is 0.180 e. The van der Waals surface area contributed by atoms with E-state index in [-0.39, 0.29) is 0 Å². The Kier molecular flexibility index (Phi) is 3.40. The molecule has 4 rings (SSSR count). The van der Waals surface area contributed by atoms with Gasteiger partial charge in [0.15, 0.2) is 5.82 Å². The monoisotopic (exact) mass is 302 g/mol. The van der Waals surface area contributed by atoms with Crippen LogP contribution in [0.3, 0.4) is 0 Å². The first kappa shape index (κ1) is 13.4. The van der Waals surface area contributed by atoms with Gasteiger partial charge in [0.05, 0.1) is 6.33 Å². The molecule has 0 saturated carbocycles. The predicted molar refractivity (Wildman–Crippen MR) is 86.4 cm³/mol. The van der Waals surface area contributed by atoms with E-state index >= 15 is 0 Å². The van der Waals surface area contributed by atoms with Crippen LogP contribution in [0.1, 0.15) is 5.56 Å². The molecule has 2 heterocycles. The second-order valence-electron chi connectivity index (χ2n) is 5.23. The number of hydrogen-bond donors (Lipinski definition) is 1. The molecule has 0 aliphatic carbocycles. The molecule has 4 aromatic rings. The molecule has 0 unspecified atom stereocenters. The molecule has 0 bridgehead atoms. The summed E-state index contributed by atoms with van der Waals surface area (Å²) in [5.41, 5.74) is 4.44. The van der Waals surface area contributed by atoms with Crippen LogP contribution in [0, 0.1) is 0 Å². The van der Waals surface area contributed by atoms with Gasteiger partial charge in [-0.1, -0.05) is 48.5 Å². The topological polar surface area (TPSA) is 72.3 Å². The van der Waals surface area contributed by atoms with Crippen molar-refractivity contribution in [3.05, 3.63) is 72.8 Å². The van der Waals surface area contributed by atoms with E-state index in [0.29, 0.717) is 5.82 Å². The van der Waals surface area contributed by atoms with Gasteiger partial charge in [-0.25, -0.2) is 10.1 Å². The van der Waals surface area contributed by atoms with Gasteiger partial charge >= 0.3 is 0 Å². The van der Waals surface area contributed by atoms with Crippen LogP contribution in [0.15, 0.2) is 67.3 Å². The zero-order chi connectivity index (χ0) is 15.5. The van der Waals surface area contributed by atoms with Crippen molar-refractivity contribution in [3.63, 3.8) is 0 Å². The molecule has 2 aromatic heterocycles. The van der Waals surface area contributed by atoms with Crippen LogP contribution < -0.4 is 0 Å². The lowest BCUT2D eigenvalue weighted by Crippen LogP contribution is -1.96. The predicted octanol–water partition coefficient (Wildman–Crippen LogP) is 2.78. The van der Waals surface area contributed by atoms with Crippen molar-refractivity contribution in [1.29, 1.82) is 0 Å². The normalized spacial score (nSPS) is 10.8. The molecule has 0 spiro atoms. The van der Waals surface area contributed by atoms with Gasteiger partial charge in [0, 0.05) is 24.5 Å². The van der Waals surface area contributed by atoms with E-state index in [1.54, 1.807) is 6.20 Å². The zero-order valence-corrected chi connectivity index (χ0v) is 12.3. The van der Waals surface area contributed by atoms with Crippen LogP contribution in [0.4, 0.5) is 0 Å². The standard InChI is InChI=1S/C17H14N6/c1-2-4-16(17-19-21-22-20-17)15(3-1)14-7-5-13(6-8-14)11-23-10-9-18-12-23/h1-10,12H,11H2,(H,19,20,21,22). The van der Waals surface area contributed by atoms with Crippen LogP contribution in [0.5, 0.6) is 0 Å². The van der Waals surface area contributed by atoms with E-state index in [4.69, 9.17) is 0 Å². The summed E-state index contributed by atoms with van der Waals surface area (Å²) in [5, 5.41) is 14.2. The highest BCUT2D eigenvalue weighted by molar-refractivity contribution is 5.80. The number of H-pyrrole nitrogens is 1. The first-order valence-corrected chi connectivity index (χ1v) is 7.28. The van der Waals surface area contributed by atoms with Crippen LogP contribution >= 0.6 is 0 Å². The largest absolute Gasteiger partial charge is 0.333 e. The Bertz CT molecular complexity index is 879. The molecule has 2 aromatic carbocycles. The maximum absolute atomic E-state index is 4.06. The van der Waals surface area contributed by atoms with Gasteiger partial charge < -0.3 is 4.57 Å². The Hall–Kier alpha value is -3.28. The van der Waals surface area contributed by atoms with E-state index in [1.165, 1.54) is 5.56 Å². The number of aromatic amines is 1. The van der Waals surface area contributed by atoms with Crippen molar-refractivity contribution in [1.82, 2.24) is 30.2 Å². The van der Waals surface area contributed by atoms with Gasteiger partial charge in [-0.05, 0) is 27.1 Å². The number of rotatable bonds is 4. The maximum atomic E-state index is 4.06. The highest BCUT2D eigenvalue weighted by Crippen LogP contribution is 2.29. The lowest BCUT2D eigenvalue weighted by molar-refractivity contribution is 0.797. The third-order valence-corrected chi connectivity index (χ3v) is 3.72. The molecule has 0 saturated heterocycles. The summed E-state index contributed by atoms with van der Waals surface area (Å²) in [5.74, 6) is 0.670. The minimum atomic E-state index is 0.670. The van der Waals surface area contributed by atoms with Gasteiger partial charge in [0.1, 0.15) is 0 Å². The number of nitrogens with one attached hydrogen (secondary N) is 1. The lowest BCUT2D eigenvalue weighted by Gasteiger charge is -2.08. The summed E-state index contributed by atoms with van der Waals surface area (Å²) in [6.45, 7) is 0.813. The molecule has 1 N–H and O–H groups in total. The fourth-order valence-corrected chi connectivity index (χ4v) is 2.60. The van der Waals surface area contributed by atoms with Gasteiger partial charge in [-0.2, -0.15) is 0 Å². The van der Waals surface area contributed by atoms with Crippen LogP contribution in [-0.2, 0) is 6.54 Å². The van der Waals surface area contributed by atoms with Crippen molar-refractivity contribution < 1.29 is 0 Å². The zero-order valence-electron chi connectivity index (χ0n) is 12.3. The molecule has 0 amide bonds. The van der Waals surface area contributed by atoms with E-state index in [1.807, 2.05) is 35.3 Å². The van der Waals surface area contributed by atoms with Gasteiger partial charge in [0.25, 0.3) is 0 Å². The quantitative estimate of drug-likeness (QED) is 0.629. The van der Waals surface area contributed by atoms with E-state index < -0.39 is 0 Å². The first-order chi connectivity index (χ1) is 11.4. The minimum absolute atomic E-state index is 0.670. The highest BCUT2D eigenvalue weighted by atomic mass is 15.5. The van der Waals surface area contributed by atoms with E-state index in [9.17, 15) is 0 Å². The Morgan fingerprint density at radius 1 is 0.957 bits per heavy atom. The molecule has 0 radical (unpaired) electrons. The molecular weight excluding hydrogens is 288 g/mol. The first-order valence-electron chi connectivity index (χ1n) is 7.28. The third kappa shape index (κ3) is 2.74.